The normalized spacial score (nSPS) is 28.1. The average molecular weight is 423 g/mol. The number of hydrogen-bond donors (Lipinski definition) is 1. The number of halogens is 1. The van der Waals surface area contributed by atoms with Crippen molar-refractivity contribution in [3.63, 3.8) is 0 Å². The highest BCUT2D eigenvalue weighted by atomic mass is 19.1. The van der Waals surface area contributed by atoms with E-state index >= 15 is 0 Å². The highest BCUT2D eigenvalue weighted by molar-refractivity contribution is 5.78. The molecule has 0 unspecified atom stereocenters. The fourth-order valence-corrected chi connectivity index (χ4v) is 5.77. The van der Waals surface area contributed by atoms with Gasteiger partial charge >= 0.3 is 12.1 Å². The molecule has 6 nitrogen and oxygen atoms in total. The minimum Gasteiger partial charge on any atom is -0.465 e. The summed E-state index contributed by atoms with van der Waals surface area (Å²) in [5.74, 6) is -0.301. The number of amides is 3. The molecule has 4 aliphatic rings. The lowest BCUT2D eigenvalue weighted by Crippen LogP contribution is -2.84. The molecular weight excluding hydrogens is 397 g/mol. The Bertz CT molecular complexity index is 1030. The molecule has 31 heavy (non-hydrogen) atoms. The Hall–Kier alpha value is -3.09. The van der Waals surface area contributed by atoms with Gasteiger partial charge in [0.05, 0.1) is 17.1 Å². The van der Waals surface area contributed by atoms with E-state index in [-0.39, 0.29) is 29.0 Å². The molecule has 3 fully saturated rings. The second kappa shape index (κ2) is 6.70. The number of rotatable bonds is 3. The Labute approximate surface area is 180 Å². The summed E-state index contributed by atoms with van der Waals surface area (Å²) in [6.45, 7) is 0.582. The van der Waals surface area contributed by atoms with Crippen LogP contribution in [0.3, 0.4) is 0 Å². The third-order valence-electron chi connectivity index (χ3n) is 7.69. The van der Waals surface area contributed by atoms with Crippen molar-refractivity contribution in [3.8, 4) is 0 Å². The molecule has 7 heteroatoms. The van der Waals surface area contributed by atoms with Crippen LogP contribution < -0.4 is 0 Å². The van der Waals surface area contributed by atoms with Gasteiger partial charge in [0.2, 0.25) is 0 Å². The van der Waals surface area contributed by atoms with E-state index < -0.39 is 6.09 Å². The van der Waals surface area contributed by atoms with Gasteiger partial charge in [0, 0.05) is 20.6 Å². The largest absolute Gasteiger partial charge is 0.465 e. The van der Waals surface area contributed by atoms with Crippen LogP contribution in [0.25, 0.3) is 0 Å². The Balaban J connectivity index is 1.42. The van der Waals surface area contributed by atoms with Crippen LogP contribution in [0.2, 0.25) is 0 Å². The van der Waals surface area contributed by atoms with Crippen molar-refractivity contribution in [3.05, 3.63) is 71.0 Å². The molecule has 1 atom stereocenters. The van der Waals surface area contributed by atoms with Crippen molar-refractivity contribution < 1.29 is 19.1 Å². The van der Waals surface area contributed by atoms with E-state index in [1.807, 2.05) is 35.0 Å². The molecule has 1 heterocycles. The van der Waals surface area contributed by atoms with E-state index in [4.69, 9.17) is 0 Å². The number of benzene rings is 2. The van der Waals surface area contributed by atoms with E-state index in [9.17, 15) is 19.1 Å². The highest BCUT2D eigenvalue weighted by Gasteiger charge is 2.73. The van der Waals surface area contributed by atoms with Gasteiger partial charge in [-0.3, -0.25) is 0 Å². The van der Waals surface area contributed by atoms with Gasteiger partial charge in [-0.25, -0.2) is 14.0 Å². The zero-order chi connectivity index (χ0) is 22.0. The molecule has 162 valence electrons. The van der Waals surface area contributed by atoms with E-state index in [1.165, 1.54) is 22.6 Å². The summed E-state index contributed by atoms with van der Waals surface area (Å²) in [5.41, 5.74) is 2.56. The predicted molar refractivity (Wildman–Crippen MR) is 113 cm³/mol. The Morgan fingerprint density at radius 1 is 1.00 bits per heavy atom. The van der Waals surface area contributed by atoms with Crippen LogP contribution in [0.15, 0.2) is 48.5 Å². The summed E-state index contributed by atoms with van der Waals surface area (Å²) < 4.78 is 13.6. The van der Waals surface area contributed by atoms with Crippen molar-refractivity contribution in [2.45, 2.75) is 42.8 Å². The fourth-order valence-electron chi connectivity index (χ4n) is 5.77. The predicted octanol–water partition coefficient (Wildman–Crippen LogP) is 4.11. The SMILES string of the molecule is CN(C(=O)O)C12CC(N(C)C(=O)N3CCc4ccccc4[C@@H]3c3ccc(F)cc3)(C1)C2. The number of carbonyl (C=O) groups excluding carboxylic acids is 1. The number of carboxylic acid groups (broad SMARTS) is 1. The molecule has 0 saturated heterocycles. The molecule has 1 aliphatic heterocycles. The Morgan fingerprint density at radius 3 is 2.26 bits per heavy atom. The third kappa shape index (κ3) is 2.82. The molecule has 2 aromatic rings. The van der Waals surface area contributed by atoms with Crippen LogP contribution in [-0.2, 0) is 6.42 Å². The van der Waals surface area contributed by atoms with Gasteiger partial charge in [0.25, 0.3) is 0 Å². The molecule has 0 aromatic heterocycles. The van der Waals surface area contributed by atoms with Crippen LogP contribution in [0.5, 0.6) is 0 Å². The van der Waals surface area contributed by atoms with Crippen molar-refractivity contribution in [1.82, 2.24) is 14.7 Å². The van der Waals surface area contributed by atoms with E-state index in [1.54, 1.807) is 19.2 Å². The average Bonchev–Trinajstić information content (AvgIpc) is 2.71. The van der Waals surface area contributed by atoms with Gasteiger partial charge in [-0.1, -0.05) is 36.4 Å². The van der Waals surface area contributed by atoms with Crippen molar-refractivity contribution in [2.24, 2.45) is 0 Å². The minimum absolute atomic E-state index is 0.0601. The maximum atomic E-state index is 13.7. The molecule has 0 radical (unpaired) electrons. The first kappa shape index (κ1) is 19.8. The Kier molecular flexibility index (Phi) is 4.29. The van der Waals surface area contributed by atoms with Gasteiger partial charge in [-0.15, -0.1) is 0 Å². The number of hydrogen-bond acceptors (Lipinski definition) is 2. The first-order chi connectivity index (χ1) is 14.8. The number of fused-ring (bicyclic) bond motifs is 1. The smallest absolute Gasteiger partial charge is 0.407 e. The van der Waals surface area contributed by atoms with E-state index in [0.717, 1.165) is 17.5 Å². The van der Waals surface area contributed by atoms with Crippen molar-refractivity contribution >= 4 is 12.1 Å². The zero-order valence-corrected chi connectivity index (χ0v) is 17.7. The summed E-state index contributed by atoms with van der Waals surface area (Å²) >= 11 is 0. The molecule has 3 amide bonds. The first-order valence-corrected chi connectivity index (χ1v) is 10.6. The standard InChI is InChI=1S/C24H26FN3O3/c1-26(23-13-24(14-23,15-23)27(2)22(30)31)21(29)28-12-11-16-5-3-4-6-19(16)20(28)17-7-9-18(25)10-8-17/h3-10,20H,11-15H2,1-2H3,(H,30,31)/t20-,23?,24?/m0/s1. The lowest BCUT2D eigenvalue weighted by Gasteiger charge is -2.74. The van der Waals surface area contributed by atoms with Crippen LogP contribution in [0.1, 0.15) is 42.0 Å². The number of carbonyl (C=O) groups is 2. The van der Waals surface area contributed by atoms with Gasteiger partial charge in [-0.2, -0.15) is 0 Å². The van der Waals surface area contributed by atoms with Crippen molar-refractivity contribution in [2.75, 3.05) is 20.6 Å². The van der Waals surface area contributed by atoms with E-state index in [2.05, 4.69) is 6.07 Å². The molecule has 2 aromatic carbocycles. The van der Waals surface area contributed by atoms with Gasteiger partial charge in [0.15, 0.2) is 0 Å². The maximum absolute atomic E-state index is 13.7. The highest BCUT2D eigenvalue weighted by Crippen LogP contribution is 2.66. The molecule has 3 saturated carbocycles. The second-order valence-corrected chi connectivity index (χ2v) is 9.26. The summed E-state index contributed by atoms with van der Waals surface area (Å²) in [5, 5.41) is 9.33. The quantitative estimate of drug-likeness (QED) is 0.808. The summed E-state index contributed by atoms with van der Waals surface area (Å²) in [6.07, 6.45) is 1.88. The second-order valence-electron chi connectivity index (χ2n) is 9.26. The number of nitrogens with zero attached hydrogens (tertiary/aromatic N) is 3. The first-order valence-electron chi connectivity index (χ1n) is 10.6. The topological polar surface area (TPSA) is 64.1 Å². The lowest BCUT2D eigenvalue weighted by atomic mass is 9.43. The van der Waals surface area contributed by atoms with Crippen LogP contribution in [0, 0.1) is 5.82 Å². The number of urea groups is 1. The lowest BCUT2D eigenvalue weighted by molar-refractivity contribution is -0.197. The van der Waals surface area contributed by atoms with Gasteiger partial charge in [0.1, 0.15) is 5.82 Å². The third-order valence-corrected chi connectivity index (χ3v) is 7.69. The molecule has 0 spiro atoms. The molecule has 1 N–H and O–H groups in total. The molecular formula is C24H26FN3O3. The van der Waals surface area contributed by atoms with Crippen molar-refractivity contribution in [1.29, 1.82) is 0 Å². The molecule has 2 bridgehead atoms. The minimum atomic E-state index is -0.925. The van der Waals surface area contributed by atoms with Crippen LogP contribution in [0.4, 0.5) is 14.0 Å². The molecule has 3 aliphatic carbocycles. The summed E-state index contributed by atoms with van der Waals surface area (Å²) in [7, 11) is 3.44. The van der Waals surface area contributed by atoms with Gasteiger partial charge < -0.3 is 19.8 Å². The van der Waals surface area contributed by atoms with Crippen LogP contribution >= 0.6 is 0 Å². The zero-order valence-electron chi connectivity index (χ0n) is 17.7. The van der Waals surface area contributed by atoms with Crippen LogP contribution in [-0.4, -0.2) is 63.6 Å². The maximum Gasteiger partial charge on any atom is 0.407 e. The van der Waals surface area contributed by atoms with Gasteiger partial charge in [-0.05, 0) is 54.5 Å². The van der Waals surface area contributed by atoms with E-state index in [0.29, 0.717) is 25.8 Å². The Morgan fingerprint density at radius 2 is 1.61 bits per heavy atom. The monoisotopic (exact) mass is 423 g/mol. The molecule has 6 rings (SSSR count). The fraction of sp³-hybridized carbons (Fsp3) is 0.417. The summed E-state index contributed by atoms with van der Waals surface area (Å²) in [4.78, 5) is 30.1. The summed E-state index contributed by atoms with van der Waals surface area (Å²) in [6, 6.07) is 14.1.